The lowest BCUT2D eigenvalue weighted by Gasteiger charge is -2.34. The number of rotatable bonds is 6. The Labute approximate surface area is 208 Å². The summed E-state index contributed by atoms with van der Waals surface area (Å²) in [4.78, 5) is 35.4. The Morgan fingerprint density at radius 3 is 2.86 bits per heavy atom. The van der Waals surface area contributed by atoms with E-state index < -0.39 is 29.9 Å². The predicted molar refractivity (Wildman–Crippen MR) is 125 cm³/mol. The van der Waals surface area contributed by atoms with Gasteiger partial charge in [0.05, 0.1) is 18.8 Å². The van der Waals surface area contributed by atoms with E-state index in [1.807, 2.05) is 4.90 Å². The molecule has 2 atom stereocenters. The first-order chi connectivity index (χ1) is 16.8. The van der Waals surface area contributed by atoms with Crippen molar-refractivity contribution in [3.63, 3.8) is 0 Å². The Bertz CT molecular complexity index is 1200. The Kier molecular flexibility index (Phi) is 7.57. The van der Waals surface area contributed by atoms with E-state index in [0.29, 0.717) is 34.1 Å². The van der Waals surface area contributed by atoms with Crippen molar-refractivity contribution in [3.05, 3.63) is 57.5 Å². The summed E-state index contributed by atoms with van der Waals surface area (Å²) in [5.74, 6) is -1.26. The Morgan fingerprint density at radius 1 is 1.40 bits per heavy atom. The molecule has 2 aliphatic rings. The molecule has 0 spiro atoms. The van der Waals surface area contributed by atoms with Crippen LogP contribution in [0.1, 0.15) is 24.4 Å². The SMILES string of the molecule is CCOC(=O)C1=C(CN2CCOC(C(=O)O)C2)NC(n2cnc(C)n2)=NC1c1ccc(F)cc1Br. The Morgan fingerprint density at radius 2 is 2.20 bits per heavy atom. The second kappa shape index (κ2) is 10.6. The molecule has 13 heteroatoms. The number of aromatic nitrogens is 3. The number of carboxylic acids is 1. The van der Waals surface area contributed by atoms with Crippen molar-refractivity contribution in [1.82, 2.24) is 25.0 Å². The van der Waals surface area contributed by atoms with Gasteiger partial charge in [-0.3, -0.25) is 4.90 Å². The number of halogens is 2. The number of morpholine rings is 1. The summed E-state index contributed by atoms with van der Waals surface area (Å²) in [6.07, 6.45) is 0.507. The van der Waals surface area contributed by atoms with Crippen molar-refractivity contribution < 1.29 is 28.6 Å². The third kappa shape index (κ3) is 5.57. The quantitative estimate of drug-likeness (QED) is 0.515. The van der Waals surface area contributed by atoms with E-state index in [4.69, 9.17) is 14.5 Å². The van der Waals surface area contributed by atoms with Gasteiger partial charge in [-0.15, -0.1) is 5.10 Å². The van der Waals surface area contributed by atoms with Crippen molar-refractivity contribution in [2.75, 3.05) is 32.8 Å². The van der Waals surface area contributed by atoms with E-state index in [1.54, 1.807) is 19.9 Å². The number of nitrogens with one attached hydrogen (secondary N) is 1. The van der Waals surface area contributed by atoms with E-state index in [0.717, 1.165) is 0 Å². The van der Waals surface area contributed by atoms with Gasteiger partial charge in [-0.05, 0) is 31.5 Å². The smallest absolute Gasteiger partial charge is 0.338 e. The zero-order chi connectivity index (χ0) is 25.1. The highest BCUT2D eigenvalue weighted by Gasteiger charge is 2.35. The maximum atomic E-state index is 13.9. The lowest BCUT2D eigenvalue weighted by atomic mass is 9.95. The summed E-state index contributed by atoms with van der Waals surface area (Å²) in [6.45, 7) is 4.60. The van der Waals surface area contributed by atoms with Crippen LogP contribution in [0.2, 0.25) is 0 Å². The van der Waals surface area contributed by atoms with E-state index in [-0.39, 0.29) is 31.9 Å². The molecule has 35 heavy (non-hydrogen) atoms. The molecular weight excluding hydrogens is 527 g/mol. The molecule has 1 aromatic carbocycles. The van der Waals surface area contributed by atoms with Crippen LogP contribution < -0.4 is 5.32 Å². The molecule has 2 aromatic rings. The largest absolute Gasteiger partial charge is 0.479 e. The van der Waals surface area contributed by atoms with Crippen molar-refractivity contribution in [3.8, 4) is 0 Å². The zero-order valence-corrected chi connectivity index (χ0v) is 20.7. The molecule has 0 amide bonds. The fourth-order valence-corrected chi connectivity index (χ4v) is 4.45. The fourth-order valence-electron chi connectivity index (χ4n) is 3.89. The molecule has 0 saturated carbocycles. The summed E-state index contributed by atoms with van der Waals surface area (Å²) >= 11 is 3.39. The van der Waals surface area contributed by atoms with E-state index in [1.165, 1.54) is 23.1 Å². The molecule has 1 fully saturated rings. The Hall–Kier alpha value is -3.16. The van der Waals surface area contributed by atoms with Crippen LogP contribution in [0.15, 0.2) is 45.3 Å². The lowest BCUT2D eigenvalue weighted by molar-refractivity contribution is -0.155. The average Bonchev–Trinajstić information content (AvgIpc) is 3.25. The van der Waals surface area contributed by atoms with Crippen molar-refractivity contribution in [2.45, 2.75) is 26.0 Å². The van der Waals surface area contributed by atoms with Gasteiger partial charge >= 0.3 is 11.9 Å². The number of esters is 1. The highest BCUT2D eigenvalue weighted by molar-refractivity contribution is 9.10. The zero-order valence-electron chi connectivity index (χ0n) is 19.1. The van der Waals surface area contributed by atoms with Crippen LogP contribution >= 0.6 is 15.9 Å². The number of aryl methyl sites for hydroxylation is 1. The topological polar surface area (TPSA) is 131 Å². The third-order valence-corrected chi connectivity index (χ3v) is 6.18. The summed E-state index contributed by atoms with van der Waals surface area (Å²) in [6, 6.07) is 3.29. The number of aliphatic imine (C=N–C) groups is 1. The number of hydrogen-bond donors (Lipinski definition) is 2. The van der Waals surface area contributed by atoms with E-state index >= 15 is 0 Å². The van der Waals surface area contributed by atoms with Crippen molar-refractivity contribution >= 4 is 33.8 Å². The number of ether oxygens (including phenoxy) is 2. The number of carbonyl (C=O) groups is 2. The highest BCUT2D eigenvalue weighted by atomic mass is 79.9. The van der Waals surface area contributed by atoms with Gasteiger partial charge < -0.3 is 19.9 Å². The second-order valence-electron chi connectivity index (χ2n) is 7.93. The summed E-state index contributed by atoms with van der Waals surface area (Å²) in [7, 11) is 0. The minimum absolute atomic E-state index is 0.135. The molecule has 2 N–H and O–H groups in total. The molecule has 2 aliphatic heterocycles. The molecule has 0 radical (unpaired) electrons. The first-order valence-corrected chi connectivity index (χ1v) is 11.7. The molecule has 1 saturated heterocycles. The fraction of sp³-hybridized carbons (Fsp3) is 0.409. The first-order valence-electron chi connectivity index (χ1n) is 10.9. The van der Waals surface area contributed by atoms with E-state index in [9.17, 15) is 19.1 Å². The highest BCUT2D eigenvalue weighted by Crippen LogP contribution is 2.36. The van der Waals surface area contributed by atoms with Gasteiger partial charge in [0, 0.05) is 29.8 Å². The summed E-state index contributed by atoms with van der Waals surface area (Å²) < 4.78 is 26.4. The van der Waals surface area contributed by atoms with Gasteiger partial charge in [-0.2, -0.15) is 4.68 Å². The van der Waals surface area contributed by atoms with Crippen molar-refractivity contribution in [1.29, 1.82) is 0 Å². The van der Waals surface area contributed by atoms with Gasteiger partial charge in [0.1, 0.15) is 24.0 Å². The molecule has 1 aromatic heterocycles. The maximum absolute atomic E-state index is 13.9. The van der Waals surface area contributed by atoms with Gasteiger partial charge in [-0.1, -0.05) is 22.0 Å². The van der Waals surface area contributed by atoms with Crippen LogP contribution in [0, 0.1) is 12.7 Å². The summed E-state index contributed by atoms with van der Waals surface area (Å²) in [5, 5.41) is 16.9. The van der Waals surface area contributed by atoms with Crippen LogP contribution in [0.4, 0.5) is 4.39 Å². The van der Waals surface area contributed by atoms with Gasteiger partial charge in [0.2, 0.25) is 5.96 Å². The van der Waals surface area contributed by atoms with Crippen LogP contribution in [0.3, 0.4) is 0 Å². The average molecular weight is 551 g/mol. The number of aliphatic carboxylic acids is 1. The number of carbonyl (C=O) groups excluding carboxylic acids is 1. The molecule has 0 bridgehead atoms. The van der Waals surface area contributed by atoms with Gasteiger partial charge in [-0.25, -0.2) is 24.0 Å². The molecule has 0 aliphatic carbocycles. The van der Waals surface area contributed by atoms with Crippen molar-refractivity contribution in [2.24, 2.45) is 4.99 Å². The molecule has 4 rings (SSSR count). The van der Waals surface area contributed by atoms with E-state index in [2.05, 4.69) is 31.3 Å². The molecule has 2 unspecified atom stereocenters. The number of carboxylic acid groups (broad SMARTS) is 1. The molecule has 3 heterocycles. The number of benzene rings is 1. The minimum Gasteiger partial charge on any atom is -0.479 e. The number of hydrogen-bond acceptors (Lipinski definition) is 9. The minimum atomic E-state index is -1.06. The van der Waals surface area contributed by atoms with Crippen LogP contribution in [-0.2, 0) is 19.1 Å². The monoisotopic (exact) mass is 550 g/mol. The lowest BCUT2D eigenvalue weighted by Crippen LogP contribution is -2.49. The molecular formula is C22H24BrFN6O5. The Balaban J connectivity index is 1.80. The van der Waals surface area contributed by atoms with Crippen LogP contribution in [0.25, 0.3) is 0 Å². The summed E-state index contributed by atoms with van der Waals surface area (Å²) in [5.41, 5.74) is 1.25. The molecule has 186 valence electrons. The second-order valence-corrected chi connectivity index (χ2v) is 8.78. The van der Waals surface area contributed by atoms with Crippen LogP contribution in [0.5, 0.6) is 0 Å². The standard InChI is InChI=1S/C22H24BrFN6O5/c1-3-34-21(33)18-16(9-29-6-7-35-17(10-29)20(31)32)26-22(30-11-25-12(2)28-30)27-19(18)14-5-4-13(24)8-15(14)23/h4-5,8,11,17,19H,3,6-7,9-10H2,1-2H3,(H,26,27)(H,31,32). The number of nitrogens with zero attached hydrogens (tertiary/aromatic N) is 5. The van der Waals surface area contributed by atoms with Gasteiger partial charge in [0.25, 0.3) is 0 Å². The molecule has 11 nitrogen and oxygen atoms in total. The normalized spacial score (nSPS) is 20.9. The predicted octanol–water partition coefficient (Wildman–Crippen LogP) is 1.64. The van der Waals surface area contributed by atoms with Gasteiger partial charge in [0.15, 0.2) is 6.10 Å². The first kappa shape index (κ1) is 24.9. The maximum Gasteiger partial charge on any atom is 0.338 e. The van der Waals surface area contributed by atoms with Crippen LogP contribution in [-0.4, -0.2) is 81.6 Å². The third-order valence-electron chi connectivity index (χ3n) is 5.50.